The van der Waals surface area contributed by atoms with Crippen molar-refractivity contribution < 1.29 is 27.6 Å². The van der Waals surface area contributed by atoms with Crippen LogP contribution in [-0.4, -0.2) is 57.6 Å². The number of pyridine rings is 1. The van der Waals surface area contributed by atoms with Gasteiger partial charge in [0.2, 0.25) is 15.8 Å². The van der Waals surface area contributed by atoms with Crippen LogP contribution in [0.15, 0.2) is 52.1 Å². The number of hydrogen-bond acceptors (Lipinski definition) is 9. The first-order valence-corrected chi connectivity index (χ1v) is 11.4. The Balaban J connectivity index is 1.48. The molecule has 1 unspecified atom stereocenters. The van der Waals surface area contributed by atoms with Crippen molar-refractivity contribution in [3.63, 3.8) is 0 Å². The lowest BCUT2D eigenvalue weighted by Crippen LogP contribution is -2.41. The van der Waals surface area contributed by atoms with Gasteiger partial charge in [0.25, 0.3) is 5.89 Å². The third-order valence-corrected chi connectivity index (χ3v) is 7.19. The van der Waals surface area contributed by atoms with E-state index in [1.54, 1.807) is 36.7 Å². The summed E-state index contributed by atoms with van der Waals surface area (Å²) in [5.74, 6) is -0.450. The minimum Gasteiger partial charge on any atom is -0.454 e. The molecule has 1 aliphatic rings. The summed E-state index contributed by atoms with van der Waals surface area (Å²) in [4.78, 5) is 20.9. The number of rotatable bonds is 6. The number of ether oxygens (including phenoxy) is 1. The van der Waals surface area contributed by atoms with Crippen molar-refractivity contribution in [3.8, 4) is 11.4 Å². The molecule has 2 atom stereocenters. The molecule has 1 aromatic carbocycles. The molecule has 0 radical (unpaired) electrons. The lowest BCUT2D eigenvalue weighted by atomic mass is 10.1. The van der Waals surface area contributed by atoms with Gasteiger partial charge in [0, 0.05) is 30.9 Å². The Bertz CT molecular complexity index is 1230. The van der Waals surface area contributed by atoms with Crippen molar-refractivity contribution in [2.75, 3.05) is 6.54 Å². The lowest BCUT2D eigenvalue weighted by molar-refractivity contribution is -0.149. The van der Waals surface area contributed by atoms with Gasteiger partial charge in [0.15, 0.2) is 6.61 Å². The van der Waals surface area contributed by atoms with Gasteiger partial charge in [-0.25, -0.2) is 8.42 Å². The number of hydrogen-bond donors (Lipinski definition) is 1. The van der Waals surface area contributed by atoms with Gasteiger partial charge in [0.1, 0.15) is 6.04 Å². The zero-order chi connectivity index (χ0) is 22.9. The van der Waals surface area contributed by atoms with Crippen LogP contribution in [0.3, 0.4) is 0 Å². The summed E-state index contributed by atoms with van der Waals surface area (Å²) < 4.78 is 37.6. The first kappa shape index (κ1) is 22.1. The zero-order valence-electron chi connectivity index (χ0n) is 17.5. The zero-order valence-corrected chi connectivity index (χ0v) is 18.3. The SMILES string of the molecule is Cc1ccc(S(=O)(=O)N2CC(O)C[C@H]2C(=O)OCc2nc(-c3cccnc3)no2)cc1C. The molecule has 1 fully saturated rings. The van der Waals surface area contributed by atoms with Crippen LogP contribution in [0.1, 0.15) is 23.4 Å². The Morgan fingerprint density at radius 3 is 2.81 bits per heavy atom. The van der Waals surface area contributed by atoms with E-state index < -0.39 is 28.1 Å². The number of β-amino-alcohol motifs (C(OH)–C–C–N with tert-alkyl or cyclic N) is 1. The molecular weight excluding hydrogens is 436 g/mol. The van der Waals surface area contributed by atoms with E-state index in [-0.39, 0.29) is 30.4 Å². The number of carbonyl (C=O) groups is 1. The van der Waals surface area contributed by atoms with E-state index in [9.17, 15) is 18.3 Å². The molecule has 1 aliphatic heterocycles. The maximum absolute atomic E-state index is 13.2. The summed E-state index contributed by atoms with van der Waals surface area (Å²) in [6.45, 7) is 3.17. The number of aliphatic hydroxyl groups excluding tert-OH is 1. The van der Waals surface area contributed by atoms with Crippen molar-refractivity contribution >= 4 is 16.0 Å². The van der Waals surface area contributed by atoms with Gasteiger partial charge in [-0.05, 0) is 49.2 Å². The van der Waals surface area contributed by atoms with Gasteiger partial charge in [-0.1, -0.05) is 11.2 Å². The number of benzene rings is 1. The molecule has 0 aliphatic carbocycles. The normalized spacial score (nSPS) is 19.2. The molecule has 11 heteroatoms. The smallest absolute Gasteiger partial charge is 0.325 e. The highest BCUT2D eigenvalue weighted by Crippen LogP contribution is 2.28. The Kier molecular flexibility index (Phi) is 6.04. The highest BCUT2D eigenvalue weighted by Gasteiger charge is 2.44. The fourth-order valence-electron chi connectivity index (χ4n) is 3.43. The summed E-state index contributed by atoms with van der Waals surface area (Å²) in [6.07, 6.45) is 2.14. The van der Waals surface area contributed by atoms with Crippen molar-refractivity contribution in [3.05, 3.63) is 59.7 Å². The third-order valence-electron chi connectivity index (χ3n) is 5.32. The number of sulfonamides is 1. The molecule has 0 amide bonds. The maximum Gasteiger partial charge on any atom is 0.325 e. The maximum atomic E-state index is 13.2. The van der Waals surface area contributed by atoms with Crippen LogP contribution < -0.4 is 0 Å². The Labute approximate surface area is 184 Å². The number of aliphatic hydroxyl groups is 1. The lowest BCUT2D eigenvalue weighted by Gasteiger charge is -2.22. The van der Waals surface area contributed by atoms with Gasteiger partial charge >= 0.3 is 5.97 Å². The van der Waals surface area contributed by atoms with Crippen LogP contribution in [-0.2, 0) is 26.2 Å². The summed E-state index contributed by atoms with van der Waals surface area (Å²) in [5, 5.41) is 13.9. The minimum atomic E-state index is -4.01. The van der Waals surface area contributed by atoms with Crippen LogP contribution in [0.4, 0.5) is 0 Å². The second kappa shape index (κ2) is 8.77. The van der Waals surface area contributed by atoms with Crippen molar-refractivity contribution in [1.29, 1.82) is 0 Å². The molecule has 1 saturated heterocycles. The second-order valence-corrected chi connectivity index (χ2v) is 9.48. The largest absolute Gasteiger partial charge is 0.454 e. The average Bonchev–Trinajstić information content (AvgIpc) is 3.41. The Morgan fingerprint density at radius 1 is 1.28 bits per heavy atom. The van der Waals surface area contributed by atoms with Crippen LogP contribution >= 0.6 is 0 Å². The molecule has 4 rings (SSSR count). The van der Waals surface area contributed by atoms with Gasteiger partial charge in [-0.2, -0.15) is 9.29 Å². The molecule has 0 bridgehead atoms. The van der Waals surface area contributed by atoms with E-state index in [4.69, 9.17) is 9.26 Å². The minimum absolute atomic E-state index is 0.0549. The van der Waals surface area contributed by atoms with E-state index in [1.165, 1.54) is 6.07 Å². The van der Waals surface area contributed by atoms with Crippen molar-refractivity contribution in [1.82, 2.24) is 19.4 Å². The molecule has 3 aromatic rings. The van der Waals surface area contributed by atoms with E-state index in [1.807, 2.05) is 13.8 Å². The van der Waals surface area contributed by atoms with Crippen molar-refractivity contribution in [2.24, 2.45) is 0 Å². The molecule has 32 heavy (non-hydrogen) atoms. The quantitative estimate of drug-likeness (QED) is 0.546. The monoisotopic (exact) mass is 458 g/mol. The van der Waals surface area contributed by atoms with E-state index >= 15 is 0 Å². The summed E-state index contributed by atoms with van der Waals surface area (Å²) in [7, 11) is -4.01. The number of aryl methyl sites for hydroxylation is 2. The number of aromatic nitrogens is 3. The Hall–Kier alpha value is -3.15. The predicted molar refractivity (Wildman–Crippen MR) is 112 cm³/mol. The van der Waals surface area contributed by atoms with Crippen LogP contribution in [0.5, 0.6) is 0 Å². The van der Waals surface area contributed by atoms with E-state index in [0.717, 1.165) is 15.4 Å². The number of carbonyl (C=O) groups excluding carboxylic acids is 1. The molecule has 168 valence electrons. The molecule has 2 aromatic heterocycles. The first-order chi connectivity index (χ1) is 15.3. The van der Waals surface area contributed by atoms with Gasteiger partial charge < -0.3 is 14.4 Å². The van der Waals surface area contributed by atoms with Gasteiger partial charge in [-0.3, -0.25) is 9.78 Å². The molecular formula is C21H22N4O6S. The summed E-state index contributed by atoms with van der Waals surface area (Å²) in [5.41, 5.74) is 2.40. The van der Waals surface area contributed by atoms with Crippen molar-refractivity contribution in [2.45, 2.75) is 43.9 Å². The highest BCUT2D eigenvalue weighted by atomic mass is 32.2. The molecule has 10 nitrogen and oxygen atoms in total. The predicted octanol–water partition coefficient (Wildman–Crippen LogP) is 1.62. The number of nitrogens with zero attached hydrogens (tertiary/aromatic N) is 4. The van der Waals surface area contributed by atoms with Crippen LogP contribution in [0.25, 0.3) is 11.4 Å². The van der Waals surface area contributed by atoms with Gasteiger partial charge in [-0.15, -0.1) is 0 Å². The van der Waals surface area contributed by atoms with E-state index in [0.29, 0.717) is 11.4 Å². The first-order valence-electron chi connectivity index (χ1n) is 9.92. The standard InChI is InChI=1S/C21H22N4O6S/c1-13-5-6-17(8-14(13)2)32(28,29)25-11-16(26)9-18(25)21(27)30-12-19-23-20(24-31-19)15-4-3-7-22-10-15/h3-8,10,16,18,26H,9,11-12H2,1-2H3/t16?,18-/m0/s1. The fourth-order valence-corrected chi connectivity index (χ4v) is 5.14. The fraction of sp³-hybridized carbons (Fsp3) is 0.333. The summed E-state index contributed by atoms with van der Waals surface area (Å²) in [6, 6.07) is 7.07. The number of esters is 1. The van der Waals surface area contributed by atoms with Gasteiger partial charge in [0.05, 0.1) is 11.0 Å². The molecule has 0 saturated carbocycles. The highest BCUT2D eigenvalue weighted by molar-refractivity contribution is 7.89. The van der Waals surface area contributed by atoms with E-state index in [2.05, 4.69) is 15.1 Å². The molecule has 1 N–H and O–H groups in total. The third kappa shape index (κ3) is 4.40. The molecule has 3 heterocycles. The Morgan fingerprint density at radius 2 is 2.09 bits per heavy atom. The van der Waals surface area contributed by atoms with Crippen LogP contribution in [0.2, 0.25) is 0 Å². The second-order valence-electron chi connectivity index (χ2n) is 7.59. The van der Waals surface area contributed by atoms with Crippen LogP contribution in [0, 0.1) is 13.8 Å². The average molecular weight is 458 g/mol. The summed E-state index contributed by atoms with van der Waals surface area (Å²) >= 11 is 0. The molecule has 0 spiro atoms. The topological polar surface area (TPSA) is 136 Å².